The van der Waals surface area contributed by atoms with E-state index in [-0.39, 0.29) is 17.5 Å². The zero-order valence-electron chi connectivity index (χ0n) is 11.7. The number of hydrogen-bond acceptors (Lipinski definition) is 4. The van der Waals surface area contributed by atoms with Crippen LogP contribution in [0.5, 0.6) is 0 Å². The molecule has 20 heavy (non-hydrogen) atoms. The largest absolute Gasteiger partial charge is 0.312 e. The van der Waals surface area contributed by atoms with E-state index in [9.17, 15) is 8.42 Å². The molecule has 0 saturated carbocycles. The number of rotatable bonds is 5. The second kappa shape index (κ2) is 6.89. The van der Waals surface area contributed by atoms with Crippen LogP contribution in [0, 0.1) is 0 Å². The molecule has 1 aliphatic heterocycles. The topological polar surface area (TPSA) is 49.4 Å². The molecule has 0 amide bonds. The number of halogens is 1. The molecule has 1 atom stereocenters. The standard InChI is InChI=1S/C14H21ClN2O2S/c1-17(10-12-2-4-13(15)5-3-12)8-6-14-11-20(18,19)9-7-16-14/h2-5,14,16H,6-11H2,1H3. The monoisotopic (exact) mass is 316 g/mol. The Morgan fingerprint density at radius 2 is 2.05 bits per heavy atom. The van der Waals surface area contributed by atoms with Crippen molar-refractivity contribution in [2.75, 3.05) is 31.6 Å². The molecule has 112 valence electrons. The number of benzene rings is 1. The third-order valence-electron chi connectivity index (χ3n) is 3.53. The molecule has 1 aromatic rings. The molecule has 1 fully saturated rings. The maximum Gasteiger partial charge on any atom is 0.153 e. The lowest BCUT2D eigenvalue weighted by molar-refractivity contribution is 0.303. The quantitative estimate of drug-likeness (QED) is 0.895. The Labute approximate surface area is 126 Å². The van der Waals surface area contributed by atoms with Gasteiger partial charge in [-0.1, -0.05) is 23.7 Å². The van der Waals surface area contributed by atoms with Crippen LogP contribution in [0.4, 0.5) is 0 Å². The normalized spacial score (nSPS) is 22.1. The van der Waals surface area contributed by atoms with E-state index < -0.39 is 9.84 Å². The van der Waals surface area contributed by atoms with Gasteiger partial charge in [0.25, 0.3) is 0 Å². The van der Waals surface area contributed by atoms with Crippen LogP contribution < -0.4 is 5.32 Å². The molecule has 1 saturated heterocycles. The van der Waals surface area contributed by atoms with Crippen LogP contribution in [0.25, 0.3) is 0 Å². The van der Waals surface area contributed by atoms with Gasteiger partial charge in [-0.25, -0.2) is 8.42 Å². The van der Waals surface area contributed by atoms with Gasteiger partial charge in [0.15, 0.2) is 9.84 Å². The summed E-state index contributed by atoms with van der Waals surface area (Å²) >= 11 is 5.86. The van der Waals surface area contributed by atoms with E-state index in [1.54, 1.807) is 0 Å². The van der Waals surface area contributed by atoms with Gasteiger partial charge in [-0.05, 0) is 37.7 Å². The van der Waals surface area contributed by atoms with Crippen molar-refractivity contribution in [2.45, 2.75) is 19.0 Å². The van der Waals surface area contributed by atoms with Crippen molar-refractivity contribution in [1.82, 2.24) is 10.2 Å². The summed E-state index contributed by atoms with van der Waals surface area (Å²) in [6.45, 7) is 2.29. The van der Waals surface area contributed by atoms with E-state index in [4.69, 9.17) is 11.6 Å². The SMILES string of the molecule is CN(CCC1CS(=O)(=O)CCN1)Cc1ccc(Cl)cc1. The van der Waals surface area contributed by atoms with Crippen LogP contribution in [-0.4, -0.2) is 51.0 Å². The lowest BCUT2D eigenvalue weighted by Crippen LogP contribution is -2.46. The van der Waals surface area contributed by atoms with E-state index in [0.29, 0.717) is 6.54 Å². The summed E-state index contributed by atoms with van der Waals surface area (Å²) in [5.41, 5.74) is 1.21. The van der Waals surface area contributed by atoms with Gasteiger partial charge in [0.05, 0.1) is 11.5 Å². The fraction of sp³-hybridized carbons (Fsp3) is 0.571. The summed E-state index contributed by atoms with van der Waals surface area (Å²) in [5.74, 6) is 0.534. The number of sulfone groups is 1. The molecule has 1 aliphatic rings. The van der Waals surface area contributed by atoms with Crippen molar-refractivity contribution in [3.8, 4) is 0 Å². The Hall–Kier alpha value is -0.620. The van der Waals surface area contributed by atoms with Crippen molar-refractivity contribution in [1.29, 1.82) is 0 Å². The second-order valence-corrected chi connectivity index (χ2v) is 8.08. The molecule has 0 bridgehead atoms. The minimum Gasteiger partial charge on any atom is -0.312 e. The molecule has 0 radical (unpaired) electrons. The molecular formula is C14H21ClN2O2S. The highest BCUT2D eigenvalue weighted by Gasteiger charge is 2.23. The number of nitrogens with zero attached hydrogens (tertiary/aromatic N) is 1. The first kappa shape index (κ1) is 15.8. The molecule has 1 aromatic carbocycles. The van der Waals surface area contributed by atoms with Gasteiger partial charge in [-0.15, -0.1) is 0 Å². The Balaban J connectivity index is 1.77. The fourth-order valence-electron chi connectivity index (χ4n) is 2.41. The maximum absolute atomic E-state index is 11.6. The second-order valence-electron chi connectivity index (χ2n) is 5.42. The van der Waals surface area contributed by atoms with Crippen molar-refractivity contribution in [2.24, 2.45) is 0 Å². The predicted octanol–water partition coefficient (Wildman–Crippen LogP) is 1.55. The molecule has 1 heterocycles. The van der Waals surface area contributed by atoms with Crippen LogP contribution in [-0.2, 0) is 16.4 Å². The molecular weight excluding hydrogens is 296 g/mol. The van der Waals surface area contributed by atoms with Crippen molar-refractivity contribution in [3.05, 3.63) is 34.9 Å². The van der Waals surface area contributed by atoms with E-state index in [2.05, 4.69) is 10.2 Å². The Bertz CT molecular complexity index is 531. The zero-order chi connectivity index (χ0) is 14.6. The van der Waals surface area contributed by atoms with Crippen LogP contribution >= 0.6 is 11.6 Å². The van der Waals surface area contributed by atoms with Crippen LogP contribution in [0.15, 0.2) is 24.3 Å². The maximum atomic E-state index is 11.6. The van der Waals surface area contributed by atoms with Crippen molar-refractivity contribution >= 4 is 21.4 Å². The highest BCUT2D eigenvalue weighted by atomic mass is 35.5. The van der Waals surface area contributed by atoms with Gasteiger partial charge in [0.2, 0.25) is 0 Å². The van der Waals surface area contributed by atoms with Gasteiger partial charge in [0, 0.05) is 24.2 Å². The van der Waals surface area contributed by atoms with Gasteiger partial charge < -0.3 is 10.2 Å². The summed E-state index contributed by atoms with van der Waals surface area (Å²) in [7, 11) is -0.792. The minimum absolute atomic E-state index is 0.0846. The molecule has 1 unspecified atom stereocenters. The first-order valence-electron chi connectivity index (χ1n) is 6.81. The molecule has 4 nitrogen and oxygen atoms in total. The van der Waals surface area contributed by atoms with Gasteiger partial charge in [-0.2, -0.15) is 0 Å². The lowest BCUT2D eigenvalue weighted by atomic mass is 10.2. The average Bonchev–Trinajstić information content (AvgIpc) is 2.38. The highest BCUT2D eigenvalue weighted by molar-refractivity contribution is 7.91. The molecule has 2 rings (SSSR count). The van der Waals surface area contributed by atoms with Crippen molar-refractivity contribution < 1.29 is 8.42 Å². The number of nitrogens with one attached hydrogen (secondary N) is 1. The third kappa shape index (κ3) is 5.05. The van der Waals surface area contributed by atoms with Gasteiger partial charge >= 0.3 is 0 Å². The van der Waals surface area contributed by atoms with Crippen LogP contribution in [0.2, 0.25) is 5.02 Å². The van der Waals surface area contributed by atoms with E-state index in [1.807, 2.05) is 31.3 Å². The average molecular weight is 317 g/mol. The smallest absolute Gasteiger partial charge is 0.153 e. The van der Waals surface area contributed by atoms with Crippen LogP contribution in [0.3, 0.4) is 0 Å². The zero-order valence-corrected chi connectivity index (χ0v) is 13.3. The van der Waals surface area contributed by atoms with Crippen LogP contribution in [0.1, 0.15) is 12.0 Å². The van der Waals surface area contributed by atoms with E-state index in [0.717, 1.165) is 24.5 Å². The summed E-state index contributed by atoms with van der Waals surface area (Å²) < 4.78 is 23.1. The third-order valence-corrected chi connectivity index (χ3v) is 5.51. The fourth-order valence-corrected chi connectivity index (χ4v) is 4.03. The first-order valence-corrected chi connectivity index (χ1v) is 9.01. The first-order chi connectivity index (χ1) is 9.44. The van der Waals surface area contributed by atoms with E-state index >= 15 is 0 Å². The van der Waals surface area contributed by atoms with Gasteiger partial charge in [0.1, 0.15) is 0 Å². The molecule has 0 spiro atoms. The summed E-state index contributed by atoms with van der Waals surface area (Å²) in [5, 5.41) is 4.02. The molecule has 6 heteroatoms. The van der Waals surface area contributed by atoms with Crippen molar-refractivity contribution in [3.63, 3.8) is 0 Å². The Morgan fingerprint density at radius 3 is 2.70 bits per heavy atom. The highest BCUT2D eigenvalue weighted by Crippen LogP contribution is 2.12. The van der Waals surface area contributed by atoms with E-state index in [1.165, 1.54) is 5.56 Å². The Kier molecular flexibility index (Phi) is 5.43. The molecule has 0 aliphatic carbocycles. The summed E-state index contributed by atoms with van der Waals surface area (Å²) in [4.78, 5) is 2.20. The number of hydrogen-bond donors (Lipinski definition) is 1. The summed E-state index contributed by atoms with van der Waals surface area (Å²) in [6.07, 6.45) is 0.851. The predicted molar refractivity (Wildman–Crippen MR) is 82.8 cm³/mol. The van der Waals surface area contributed by atoms with Gasteiger partial charge in [-0.3, -0.25) is 0 Å². The molecule has 0 aromatic heterocycles. The minimum atomic E-state index is -2.84. The Morgan fingerprint density at radius 1 is 1.35 bits per heavy atom. The molecule has 1 N–H and O–H groups in total. The lowest BCUT2D eigenvalue weighted by Gasteiger charge is -2.26. The summed E-state index contributed by atoms with van der Waals surface area (Å²) in [6, 6.07) is 7.89.